The van der Waals surface area contributed by atoms with E-state index in [1.54, 1.807) is 6.08 Å². The van der Waals surface area contributed by atoms with Crippen molar-refractivity contribution in [3.8, 4) is 11.5 Å². The number of alkyl halides is 3. The van der Waals surface area contributed by atoms with Gasteiger partial charge in [-0.15, -0.1) is 0 Å². The number of carbonyl (C=O) groups is 1. The van der Waals surface area contributed by atoms with E-state index >= 15 is 0 Å². The fourth-order valence-corrected chi connectivity index (χ4v) is 3.45. The lowest BCUT2D eigenvalue weighted by Gasteiger charge is -2.27. The number of ether oxygens (including phenoxy) is 2. The van der Waals surface area contributed by atoms with Gasteiger partial charge < -0.3 is 20.1 Å². The number of amides is 2. The van der Waals surface area contributed by atoms with Gasteiger partial charge in [0.25, 0.3) is 0 Å². The molecule has 0 saturated carbocycles. The first-order valence-electron chi connectivity index (χ1n) is 9.80. The molecule has 2 aliphatic rings. The molecule has 7 nitrogen and oxygen atoms in total. The first kappa shape index (κ1) is 22.8. The van der Waals surface area contributed by atoms with Gasteiger partial charge in [0.15, 0.2) is 23.6 Å². The summed E-state index contributed by atoms with van der Waals surface area (Å²) >= 11 is 0. The summed E-state index contributed by atoms with van der Waals surface area (Å²) in [5.74, 6) is -2.97. The third-order valence-corrected chi connectivity index (χ3v) is 4.86. The molecular weight excluding hydrogens is 451 g/mol. The molecule has 0 aliphatic carbocycles. The van der Waals surface area contributed by atoms with Gasteiger partial charge in [0.05, 0.1) is 18.7 Å². The zero-order valence-electron chi connectivity index (χ0n) is 17.5. The van der Waals surface area contributed by atoms with Crippen LogP contribution in [0.15, 0.2) is 42.4 Å². The molecule has 1 saturated heterocycles. The van der Waals surface area contributed by atoms with E-state index in [9.17, 15) is 26.7 Å². The Bertz CT molecular complexity index is 1100. The summed E-state index contributed by atoms with van der Waals surface area (Å²) in [7, 11) is 0. The summed E-state index contributed by atoms with van der Waals surface area (Å²) in [6.07, 6.45) is -3.10. The van der Waals surface area contributed by atoms with E-state index in [0.717, 1.165) is 24.4 Å². The molecule has 2 aliphatic heterocycles. The summed E-state index contributed by atoms with van der Waals surface area (Å²) in [6, 6.07) is 3.09. The minimum atomic E-state index is -4.73. The smallest absolute Gasteiger partial charge is 0.433 e. The lowest BCUT2D eigenvalue weighted by molar-refractivity contribution is -0.141. The molecule has 1 unspecified atom stereocenters. The summed E-state index contributed by atoms with van der Waals surface area (Å²) < 4.78 is 77.8. The lowest BCUT2D eigenvalue weighted by atomic mass is 10.1. The predicted molar refractivity (Wildman–Crippen MR) is 105 cm³/mol. The Morgan fingerprint density at radius 1 is 1.21 bits per heavy atom. The highest BCUT2D eigenvalue weighted by atomic mass is 19.4. The molecule has 2 N–H and O–H groups in total. The Labute approximate surface area is 185 Å². The van der Waals surface area contributed by atoms with Crippen LogP contribution < -0.4 is 15.4 Å². The fraction of sp³-hybridized carbons (Fsp3) is 0.333. The molecule has 2 amide bonds. The van der Waals surface area contributed by atoms with Crippen LogP contribution in [0.3, 0.4) is 0 Å². The number of benzene rings is 1. The van der Waals surface area contributed by atoms with Crippen molar-refractivity contribution in [3.63, 3.8) is 0 Å². The monoisotopic (exact) mass is 470 g/mol. The number of aromatic nitrogens is 1. The second kappa shape index (κ2) is 8.18. The van der Waals surface area contributed by atoms with Crippen LogP contribution in [0.4, 0.5) is 26.7 Å². The average Bonchev–Trinajstić information content (AvgIpc) is 3.03. The molecule has 1 aromatic heterocycles. The van der Waals surface area contributed by atoms with Crippen LogP contribution in [0.2, 0.25) is 0 Å². The largest absolute Gasteiger partial charge is 0.451 e. The molecule has 0 radical (unpaired) electrons. The Morgan fingerprint density at radius 2 is 1.91 bits per heavy atom. The fourth-order valence-electron chi connectivity index (χ4n) is 3.45. The Kier molecular flexibility index (Phi) is 5.64. The van der Waals surface area contributed by atoms with Crippen molar-refractivity contribution in [2.45, 2.75) is 38.4 Å². The third kappa shape index (κ3) is 5.00. The summed E-state index contributed by atoms with van der Waals surface area (Å²) in [5.41, 5.74) is -1.47. The number of nitrogens with one attached hydrogen (secondary N) is 2. The van der Waals surface area contributed by atoms with Crippen LogP contribution in [0.5, 0.6) is 11.5 Å². The molecule has 33 heavy (non-hydrogen) atoms. The SMILES string of the molecule is CC1(C)CN2C(=O)NC(OCc3cc(F)c(Oc4ccnc(C(F)(F)F)c4)c(F)c3)C=C2N1. The normalized spacial score (nSPS) is 19.5. The predicted octanol–water partition coefficient (Wildman–Crippen LogP) is 4.26. The first-order valence-corrected chi connectivity index (χ1v) is 9.80. The van der Waals surface area contributed by atoms with Gasteiger partial charge in [-0.25, -0.2) is 13.6 Å². The number of fused-ring (bicyclic) bond motifs is 1. The number of carbonyl (C=O) groups excluding carboxylic acids is 1. The minimum absolute atomic E-state index is 0.0952. The van der Waals surface area contributed by atoms with E-state index in [1.807, 2.05) is 13.8 Å². The molecule has 176 valence electrons. The number of hydrogen-bond donors (Lipinski definition) is 2. The van der Waals surface area contributed by atoms with Gasteiger partial charge in [0, 0.05) is 18.3 Å². The minimum Gasteiger partial charge on any atom is -0.451 e. The standard InChI is InChI=1S/C21H19F5N4O3/c1-20(2)10-30-16(29-20)8-17(28-19(30)31)32-9-11-5-13(22)18(14(23)6-11)33-12-3-4-27-15(7-12)21(24,25)26/h3-8,17,29H,9-10H2,1-2H3,(H,28,31). The van der Waals surface area contributed by atoms with Crippen LogP contribution >= 0.6 is 0 Å². The van der Waals surface area contributed by atoms with Crippen molar-refractivity contribution >= 4 is 6.03 Å². The van der Waals surface area contributed by atoms with Gasteiger partial charge in [-0.2, -0.15) is 13.2 Å². The van der Waals surface area contributed by atoms with Crippen molar-refractivity contribution in [1.82, 2.24) is 20.5 Å². The van der Waals surface area contributed by atoms with Crippen LogP contribution in [-0.4, -0.2) is 34.2 Å². The van der Waals surface area contributed by atoms with E-state index in [2.05, 4.69) is 15.6 Å². The average molecular weight is 470 g/mol. The maximum Gasteiger partial charge on any atom is 0.433 e. The third-order valence-electron chi connectivity index (χ3n) is 4.86. The van der Waals surface area contributed by atoms with E-state index in [-0.39, 0.29) is 23.7 Å². The zero-order valence-corrected chi connectivity index (χ0v) is 17.5. The zero-order chi connectivity index (χ0) is 24.0. The van der Waals surface area contributed by atoms with Gasteiger partial charge in [0.1, 0.15) is 17.3 Å². The summed E-state index contributed by atoms with van der Waals surface area (Å²) in [6.45, 7) is 4.08. The second-order valence-electron chi connectivity index (χ2n) is 8.19. The molecule has 1 aromatic carbocycles. The van der Waals surface area contributed by atoms with E-state index in [0.29, 0.717) is 18.4 Å². The molecule has 1 atom stereocenters. The Morgan fingerprint density at radius 3 is 2.58 bits per heavy atom. The van der Waals surface area contributed by atoms with Crippen LogP contribution in [0, 0.1) is 11.6 Å². The summed E-state index contributed by atoms with van der Waals surface area (Å²) in [5, 5.41) is 5.81. The lowest BCUT2D eigenvalue weighted by Crippen LogP contribution is -2.48. The molecular formula is C21H19F5N4O3. The Hall–Kier alpha value is -3.41. The van der Waals surface area contributed by atoms with Crippen molar-refractivity contribution < 1.29 is 36.2 Å². The number of halogens is 5. The maximum absolute atomic E-state index is 14.5. The molecule has 2 aromatic rings. The van der Waals surface area contributed by atoms with Gasteiger partial charge in [-0.05, 0) is 37.6 Å². The first-order chi connectivity index (χ1) is 15.4. The second-order valence-corrected chi connectivity index (χ2v) is 8.19. The molecule has 12 heteroatoms. The highest BCUT2D eigenvalue weighted by Gasteiger charge is 2.39. The highest BCUT2D eigenvalue weighted by molar-refractivity contribution is 5.78. The van der Waals surface area contributed by atoms with Gasteiger partial charge in [0.2, 0.25) is 0 Å². The molecule has 4 rings (SSSR count). The molecule has 3 heterocycles. The number of urea groups is 1. The topological polar surface area (TPSA) is 75.7 Å². The molecule has 0 spiro atoms. The van der Waals surface area contributed by atoms with Crippen LogP contribution in [0.25, 0.3) is 0 Å². The van der Waals surface area contributed by atoms with Gasteiger partial charge in [-0.1, -0.05) is 0 Å². The number of rotatable bonds is 5. The van der Waals surface area contributed by atoms with E-state index in [1.165, 1.54) is 4.90 Å². The van der Waals surface area contributed by atoms with E-state index < -0.39 is 41.2 Å². The maximum atomic E-state index is 14.5. The van der Waals surface area contributed by atoms with Crippen LogP contribution in [-0.2, 0) is 17.5 Å². The number of pyridine rings is 1. The number of hydrogen-bond acceptors (Lipinski definition) is 5. The van der Waals surface area contributed by atoms with Crippen molar-refractivity contribution in [3.05, 3.63) is 65.3 Å². The van der Waals surface area contributed by atoms with Crippen molar-refractivity contribution in [1.29, 1.82) is 0 Å². The van der Waals surface area contributed by atoms with Gasteiger partial charge in [-0.3, -0.25) is 9.88 Å². The molecule has 1 fully saturated rings. The Balaban J connectivity index is 1.45. The van der Waals surface area contributed by atoms with Gasteiger partial charge >= 0.3 is 12.2 Å². The quantitative estimate of drug-likeness (QED) is 0.639. The summed E-state index contributed by atoms with van der Waals surface area (Å²) in [4.78, 5) is 16.9. The van der Waals surface area contributed by atoms with Crippen LogP contribution in [0.1, 0.15) is 25.1 Å². The number of nitrogens with zero attached hydrogens (tertiary/aromatic N) is 2. The molecule has 0 bridgehead atoms. The van der Waals surface area contributed by atoms with Crippen molar-refractivity contribution in [2.75, 3.05) is 6.54 Å². The van der Waals surface area contributed by atoms with Crippen molar-refractivity contribution in [2.24, 2.45) is 0 Å². The highest BCUT2D eigenvalue weighted by Crippen LogP contribution is 2.33. The van der Waals surface area contributed by atoms with E-state index in [4.69, 9.17) is 9.47 Å².